The molecule has 1 atom stereocenters. The number of nitrogens with zero attached hydrogens (tertiary/aromatic N) is 3. The minimum Gasteiger partial charge on any atom is -0.383 e. The van der Waals surface area contributed by atoms with E-state index in [1.54, 1.807) is 30.9 Å². The number of aliphatic hydroxyl groups excluding tert-OH is 1. The van der Waals surface area contributed by atoms with Gasteiger partial charge in [-0.1, -0.05) is 6.07 Å². The van der Waals surface area contributed by atoms with Crippen LogP contribution in [0.1, 0.15) is 37.3 Å². The SMILES string of the molecule is CC(C)n1cncc1C(O)c1cccnc1N. The van der Waals surface area contributed by atoms with Crippen molar-refractivity contribution in [2.24, 2.45) is 0 Å². The lowest BCUT2D eigenvalue weighted by Gasteiger charge is -2.17. The molecule has 17 heavy (non-hydrogen) atoms. The van der Waals surface area contributed by atoms with Crippen LogP contribution in [0.5, 0.6) is 0 Å². The number of aromatic nitrogens is 3. The number of hydrogen-bond donors (Lipinski definition) is 2. The first-order valence-corrected chi connectivity index (χ1v) is 5.51. The first-order valence-electron chi connectivity index (χ1n) is 5.51. The number of rotatable bonds is 3. The van der Waals surface area contributed by atoms with Crippen molar-refractivity contribution in [2.45, 2.75) is 26.0 Å². The van der Waals surface area contributed by atoms with Crippen LogP contribution in [0.15, 0.2) is 30.9 Å². The van der Waals surface area contributed by atoms with Crippen molar-refractivity contribution in [3.05, 3.63) is 42.1 Å². The fourth-order valence-electron chi connectivity index (χ4n) is 1.78. The lowest BCUT2D eigenvalue weighted by atomic mass is 10.1. The van der Waals surface area contributed by atoms with Gasteiger partial charge in [0.1, 0.15) is 11.9 Å². The Labute approximate surface area is 99.9 Å². The van der Waals surface area contributed by atoms with Gasteiger partial charge >= 0.3 is 0 Å². The maximum Gasteiger partial charge on any atom is 0.129 e. The van der Waals surface area contributed by atoms with Crippen LogP contribution in [0.4, 0.5) is 5.82 Å². The van der Waals surface area contributed by atoms with Gasteiger partial charge in [0.05, 0.1) is 18.2 Å². The van der Waals surface area contributed by atoms with Gasteiger partial charge < -0.3 is 15.4 Å². The van der Waals surface area contributed by atoms with E-state index in [-0.39, 0.29) is 6.04 Å². The van der Waals surface area contributed by atoms with Gasteiger partial charge in [-0.25, -0.2) is 9.97 Å². The van der Waals surface area contributed by atoms with Crippen molar-refractivity contribution in [1.82, 2.24) is 14.5 Å². The Morgan fingerprint density at radius 1 is 1.41 bits per heavy atom. The van der Waals surface area contributed by atoms with E-state index in [0.717, 1.165) is 5.69 Å². The molecule has 0 saturated carbocycles. The summed E-state index contributed by atoms with van der Waals surface area (Å²) in [5.41, 5.74) is 7.08. The second-order valence-corrected chi connectivity index (χ2v) is 4.20. The van der Waals surface area contributed by atoms with Gasteiger partial charge in [0.25, 0.3) is 0 Å². The van der Waals surface area contributed by atoms with Crippen LogP contribution in [-0.2, 0) is 0 Å². The maximum atomic E-state index is 10.3. The molecule has 1 unspecified atom stereocenters. The van der Waals surface area contributed by atoms with Crippen LogP contribution < -0.4 is 5.73 Å². The zero-order valence-corrected chi connectivity index (χ0v) is 9.91. The van der Waals surface area contributed by atoms with Crippen LogP contribution in [0.25, 0.3) is 0 Å². The Bertz CT molecular complexity index is 507. The molecule has 2 heterocycles. The molecule has 0 aliphatic heterocycles. The number of nitrogens with two attached hydrogens (primary N) is 1. The molecule has 0 amide bonds. The van der Waals surface area contributed by atoms with Gasteiger partial charge in [-0.3, -0.25) is 0 Å². The Morgan fingerprint density at radius 2 is 2.18 bits per heavy atom. The summed E-state index contributed by atoms with van der Waals surface area (Å²) in [4.78, 5) is 8.03. The van der Waals surface area contributed by atoms with Crippen LogP contribution in [0.2, 0.25) is 0 Å². The lowest BCUT2D eigenvalue weighted by molar-refractivity contribution is 0.208. The van der Waals surface area contributed by atoms with Crippen molar-refractivity contribution in [1.29, 1.82) is 0 Å². The van der Waals surface area contributed by atoms with Crippen LogP contribution in [0, 0.1) is 0 Å². The number of anilines is 1. The largest absolute Gasteiger partial charge is 0.383 e. The molecule has 5 nitrogen and oxygen atoms in total. The van der Waals surface area contributed by atoms with E-state index in [1.807, 2.05) is 18.4 Å². The summed E-state index contributed by atoms with van der Waals surface area (Å²) in [5.74, 6) is 0.344. The molecule has 0 saturated heterocycles. The second kappa shape index (κ2) is 4.55. The molecule has 0 radical (unpaired) electrons. The molecule has 0 fully saturated rings. The van der Waals surface area contributed by atoms with Crippen molar-refractivity contribution < 1.29 is 5.11 Å². The summed E-state index contributed by atoms with van der Waals surface area (Å²) < 4.78 is 1.91. The lowest BCUT2D eigenvalue weighted by Crippen LogP contribution is -2.12. The molecule has 90 valence electrons. The molecule has 2 aromatic rings. The summed E-state index contributed by atoms with van der Waals surface area (Å²) in [6.07, 6.45) is 4.16. The molecule has 5 heteroatoms. The summed E-state index contributed by atoms with van der Waals surface area (Å²) in [5, 5.41) is 10.3. The smallest absolute Gasteiger partial charge is 0.129 e. The molecular formula is C12H16N4O. The summed E-state index contributed by atoms with van der Waals surface area (Å²) in [6, 6.07) is 3.76. The molecule has 3 N–H and O–H groups in total. The van der Waals surface area contributed by atoms with E-state index in [0.29, 0.717) is 11.4 Å². The standard InChI is InChI=1S/C12H16N4O/c1-8(2)16-7-14-6-10(16)11(17)9-4-3-5-15-12(9)13/h3-8,11,17H,1-2H3,(H2,13,15). The molecule has 2 rings (SSSR count). The average Bonchev–Trinajstić information content (AvgIpc) is 2.77. The molecule has 0 aromatic carbocycles. The Morgan fingerprint density at radius 3 is 2.82 bits per heavy atom. The zero-order valence-electron chi connectivity index (χ0n) is 9.91. The van der Waals surface area contributed by atoms with Crippen molar-refractivity contribution in [2.75, 3.05) is 5.73 Å². The van der Waals surface area contributed by atoms with Crippen LogP contribution >= 0.6 is 0 Å². The van der Waals surface area contributed by atoms with E-state index < -0.39 is 6.10 Å². The third-order valence-corrected chi connectivity index (χ3v) is 2.70. The summed E-state index contributed by atoms with van der Waals surface area (Å²) in [7, 11) is 0. The van der Waals surface area contributed by atoms with Gasteiger partial charge in [0, 0.05) is 17.8 Å². The third-order valence-electron chi connectivity index (χ3n) is 2.70. The number of aliphatic hydroxyl groups is 1. The van der Waals surface area contributed by atoms with E-state index in [4.69, 9.17) is 5.73 Å². The Hall–Kier alpha value is -1.88. The van der Waals surface area contributed by atoms with E-state index in [9.17, 15) is 5.11 Å². The highest BCUT2D eigenvalue weighted by molar-refractivity contribution is 5.42. The maximum absolute atomic E-state index is 10.3. The number of imidazole rings is 1. The van der Waals surface area contributed by atoms with Crippen LogP contribution in [-0.4, -0.2) is 19.6 Å². The van der Waals surface area contributed by atoms with Crippen LogP contribution in [0.3, 0.4) is 0 Å². The predicted molar refractivity (Wildman–Crippen MR) is 65.3 cm³/mol. The van der Waals surface area contributed by atoms with E-state index in [2.05, 4.69) is 9.97 Å². The molecule has 2 aromatic heterocycles. The summed E-state index contributed by atoms with van der Waals surface area (Å²) >= 11 is 0. The number of pyridine rings is 1. The fraction of sp³-hybridized carbons (Fsp3) is 0.333. The number of hydrogen-bond acceptors (Lipinski definition) is 4. The fourth-order valence-corrected chi connectivity index (χ4v) is 1.78. The quantitative estimate of drug-likeness (QED) is 0.841. The predicted octanol–water partition coefficient (Wildman–Crippen LogP) is 1.52. The molecule has 0 aliphatic carbocycles. The van der Waals surface area contributed by atoms with Crippen molar-refractivity contribution in [3.63, 3.8) is 0 Å². The first kappa shape index (κ1) is 11.6. The highest BCUT2D eigenvalue weighted by atomic mass is 16.3. The van der Waals surface area contributed by atoms with Crippen molar-refractivity contribution >= 4 is 5.82 Å². The van der Waals surface area contributed by atoms with Gasteiger partial charge in [0.15, 0.2) is 0 Å². The summed E-state index contributed by atoms with van der Waals surface area (Å²) in [6.45, 7) is 4.06. The van der Waals surface area contributed by atoms with E-state index >= 15 is 0 Å². The van der Waals surface area contributed by atoms with Gasteiger partial charge in [-0.2, -0.15) is 0 Å². The Balaban J connectivity index is 2.41. The molecule has 0 bridgehead atoms. The number of nitrogen functional groups attached to an aromatic ring is 1. The highest BCUT2D eigenvalue weighted by Gasteiger charge is 2.18. The minimum atomic E-state index is -0.798. The third kappa shape index (κ3) is 2.14. The van der Waals surface area contributed by atoms with E-state index in [1.165, 1.54) is 0 Å². The minimum absolute atomic E-state index is 0.236. The average molecular weight is 232 g/mol. The highest BCUT2D eigenvalue weighted by Crippen LogP contribution is 2.26. The molecule has 0 aliphatic rings. The molecule has 0 spiro atoms. The monoisotopic (exact) mass is 232 g/mol. The topological polar surface area (TPSA) is 77.0 Å². The van der Waals surface area contributed by atoms with Gasteiger partial charge in [0.2, 0.25) is 0 Å². The first-order chi connectivity index (χ1) is 8.11. The van der Waals surface area contributed by atoms with Gasteiger partial charge in [-0.15, -0.1) is 0 Å². The molecular weight excluding hydrogens is 216 g/mol. The normalized spacial score (nSPS) is 12.9. The zero-order chi connectivity index (χ0) is 12.4. The van der Waals surface area contributed by atoms with Crippen molar-refractivity contribution in [3.8, 4) is 0 Å². The Kier molecular flexibility index (Phi) is 3.10. The second-order valence-electron chi connectivity index (χ2n) is 4.20. The van der Waals surface area contributed by atoms with Gasteiger partial charge in [-0.05, 0) is 19.9 Å².